The second kappa shape index (κ2) is 12.6. The van der Waals surface area contributed by atoms with Gasteiger partial charge < -0.3 is 4.90 Å². The van der Waals surface area contributed by atoms with Crippen LogP contribution in [0.2, 0.25) is 0 Å². The summed E-state index contributed by atoms with van der Waals surface area (Å²) in [4.78, 5) is 7.78. The highest BCUT2D eigenvalue weighted by atomic mass is 15.3. The van der Waals surface area contributed by atoms with E-state index >= 15 is 0 Å². The average Bonchev–Trinajstić information content (AvgIpc) is 3.92. The molecule has 0 radical (unpaired) electrons. The molecule has 11 aromatic carbocycles. The Morgan fingerprint density at radius 2 is 0.984 bits per heavy atom. The fraction of sp³-hybridized carbons (Fsp3) is 0.131. The van der Waals surface area contributed by atoms with Gasteiger partial charge in [0.25, 0.3) is 0 Å². The lowest BCUT2D eigenvalue weighted by molar-refractivity contribution is 0.194. The standard InChI is InChI=1S/C61H44N2/c1-60-33-11-12-34-61(60,2)63(59-43-23-10-9-16-37(43)32-35-62-59)50-31-28-41(36-49(50)60)42-29-30-48-54-44(42)24-15-27-47(54)57-52(39-17-5-3-6-18-39)55-45-25-13-21-38-22-14-26-46(51(38)45)56(55)53(58(48)57)40-19-7-4-8-20-40/h3-10,13-32,35-36H,11-12,33-34H2,1-2H3. The first-order valence-electron chi connectivity index (χ1n) is 22.8. The lowest BCUT2D eigenvalue weighted by Gasteiger charge is -2.50. The van der Waals surface area contributed by atoms with Crippen LogP contribution in [-0.4, -0.2) is 10.5 Å². The number of rotatable bonds is 4. The minimum absolute atomic E-state index is 0.0325. The Morgan fingerprint density at radius 3 is 1.68 bits per heavy atom. The Balaban J connectivity index is 1.08. The first-order chi connectivity index (χ1) is 31.0. The summed E-state index contributed by atoms with van der Waals surface area (Å²) in [6.07, 6.45) is 6.76. The normalized spacial score (nSPS) is 18.8. The van der Waals surface area contributed by atoms with Crippen LogP contribution in [0, 0.1) is 0 Å². The maximum absolute atomic E-state index is 5.15. The topological polar surface area (TPSA) is 16.1 Å². The van der Waals surface area contributed by atoms with Gasteiger partial charge in [-0.05, 0) is 147 Å². The zero-order valence-electron chi connectivity index (χ0n) is 35.5. The van der Waals surface area contributed by atoms with Gasteiger partial charge in [-0.2, -0.15) is 0 Å². The number of aromatic nitrogens is 1. The van der Waals surface area contributed by atoms with Crippen LogP contribution in [0.15, 0.2) is 182 Å². The fourth-order valence-corrected chi connectivity index (χ4v) is 13.0. The van der Waals surface area contributed by atoms with Gasteiger partial charge >= 0.3 is 0 Å². The minimum Gasteiger partial charge on any atom is -0.319 e. The summed E-state index contributed by atoms with van der Waals surface area (Å²) in [6.45, 7) is 5.05. The third kappa shape index (κ3) is 4.50. The number of hydrogen-bond donors (Lipinski definition) is 0. The molecule has 63 heavy (non-hydrogen) atoms. The van der Waals surface area contributed by atoms with Crippen molar-refractivity contribution in [2.24, 2.45) is 0 Å². The molecular weight excluding hydrogens is 761 g/mol. The molecule has 14 rings (SSSR count). The highest BCUT2D eigenvalue weighted by Gasteiger charge is 2.58. The number of fused-ring (bicyclic) bond motifs is 10. The molecule has 2 heteroatoms. The quantitative estimate of drug-likeness (QED) is 0.176. The molecule has 1 aliphatic carbocycles. The van der Waals surface area contributed by atoms with Gasteiger partial charge in [0.1, 0.15) is 5.82 Å². The highest BCUT2D eigenvalue weighted by Crippen LogP contribution is 2.62. The van der Waals surface area contributed by atoms with Crippen molar-refractivity contribution < 1.29 is 0 Å². The Morgan fingerprint density at radius 1 is 0.429 bits per heavy atom. The van der Waals surface area contributed by atoms with Gasteiger partial charge in [0.2, 0.25) is 0 Å². The first kappa shape index (κ1) is 35.3. The van der Waals surface area contributed by atoms with E-state index in [0.29, 0.717) is 0 Å². The summed E-state index contributed by atoms with van der Waals surface area (Å²) >= 11 is 0. The van der Waals surface area contributed by atoms with E-state index < -0.39 is 0 Å². The van der Waals surface area contributed by atoms with Crippen molar-refractivity contribution in [3.63, 3.8) is 0 Å². The van der Waals surface area contributed by atoms with E-state index in [1.165, 1.54) is 133 Å². The first-order valence-corrected chi connectivity index (χ1v) is 22.8. The molecule has 2 aliphatic rings. The van der Waals surface area contributed by atoms with E-state index in [1.807, 2.05) is 6.20 Å². The van der Waals surface area contributed by atoms with Gasteiger partial charge in [-0.25, -0.2) is 4.98 Å². The summed E-state index contributed by atoms with van der Waals surface area (Å²) in [5.74, 6) is 1.08. The van der Waals surface area contributed by atoms with Gasteiger partial charge in [-0.15, -0.1) is 0 Å². The molecule has 0 N–H and O–H groups in total. The molecule has 1 aromatic heterocycles. The summed E-state index contributed by atoms with van der Waals surface area (Å²) in [5.41, 5.74) is 10.4. The molecule has 0 amide bonds. The molecular formula is C61H44N2. The van der Waals surface area contributed by atoms with Gasteiger partial charge in [-0.1, -0.05) is 177 Å². The van der Waals surface area contributed by atoms with Gasteiger partial charge in [0.15, 0.2) is 0 Å². The minimum atomic E-state index is -0.0992. The van der Waals surface area contributed by atoms with Crippen molar-refractivity contribution in [3.8, 4) is 33.4 Å². The smallest absolute Gasteiger partial charge is 0.141 e. The molecule has 0 spiro atoms. The largest absolute Gasteiger partial charge is 0.319 e. The third-order valence-electron chi connectivity index (χ3n) is 15.9. The van der Waals surface area contributed by atoms with Crippen molar-refractivity contribution in [3.05, 3.63) is 188 Å². The van der Waals surface area contributed by atoms with Crippen molar-refractivity contribution in [1.29, 1.82) is 0 Å². The van der Waals surface area contributed by atoms with Crippen LogP contribution in [0.5, 0.6) is 0 Å². The molecule has 2 unspecified atom stereocenters. The van der Waals surface area contributed by atoms with Crippen molar-refractivity contribution in [1.82, 2.24) is 4.98 Å². The predicted molar refractivity (Wildman–Crippen MR) is 268 cm³/mol. The van der Waals surface area contributed by atoms with Crippen LogP contribution in [0.3, 0.4) is 0 Å². The lowest BCUT2D eigenvalue weighted by Crippen LogP contribution is -2.54. The summed E-state index contributed by atoms with van der Waals surface area (Å²) in [7, 11) is 0. The molecule has 0 saturated heterocycles. The SMILES string of the molecule is CC12CCCCC1(C)N(c1nccc3ccccc13)c1ccc(-c3ccc4c5c(-c6ccccc6)c6c7cccc8cccc(c6c(-c6ccccc6)c5c5cccc3c54)c87)cc12. The molecule has 1 fully saturated rings. The maximum atomic E-state index is 5.15. The molecule has 2 heterocycles. The molecule has 0 bridgehead atoms. The Labute approximate surface area is 366 Å². The summed E-state index contributed by atoms with van der Waals surface area (Å²) < 4.78 is 0. The van der Waals surface area contributed by atoms with Gasteiger partial charge in [-0.3, -0.25) is 0 Å². The van der Waals surface area contributed by atoms with Crippen LogP contribution in [0.25, 0.3) is 109 Å². The highest BCUT2D eigenvalue weighted by molar-refractivity contribution is 6.46. The van der Waals surface area contributed by atoms with E-state index in [1.54, 1.807) is 0 Å². The van der Waals surface area contributed by atoms with Gasteiger partial charge in [0.05, 0.1) is 5.54 Å². The van der Waals surface area contributed by atoms with Crippen LogP contribution in [0.4, 0.5) is 11.5 Å². The Hall–Kier alpha value is -7.29. The second-order valence-corrected chi connectivity index (χ2v) is 18.8. The fourth-order valence-electron chi connectivity index (χ4n) is 13.0. The molecule has 298 valence electrons. The Kier molecular flexibility index (Phi) is 7.09. The molecule has 2 atom stereocenters. The lowest BCUT2D eigenvalue weighted by atomic mass is 9.61. The molecule has 12 aromatic rings. The van der Waals surface area contributed by atoms with E-state index in [-0.39, 0.29) is 11.0 Å². The maximum Gasteiger partial charge on any atom is 0.141 e. The monoisotopic (exact) mass is 804 g/mol. The summed E-state index contributed by atoms with van der Waals surface area (Å²) in [6, 6.07) is 66.3. The van der Waals surface area contributed by atoms with E-state index in [9.17, 15) is 0 Å². The van der Waals surface area contributed by atoms with E-state index in [4.69, 9.17) is 4.98 Å². The van der Waals surface area contributed by atoms with Gasteiger partial charge in [0, 0.05) is 22.7 Å². The zero-order valence-corrected chi connectivity index (χ0v) is 35.5. The predicted octanol–water partition coefficient (Wildman–Crippen LogP) is 16.8. The summed E-state index contributed by atoms with van der Waals surface area (Å²) in [5, 5.41) is 18.5. The molecule has 1 aliphatic heterocycles. The second-order valence-electron chi connectivity index (χ2n) is 18.8. The van der Waals surface area contributed by atoms with E-state index in [0.717, 1.165) is 18.7 Å². The van der Waals surface area contributed by atoms with Crippen molar-refractivity contribution in [2.75, 3.05) is 4.90 Å². The number of anilines is 2. The van der Waals surface area contributed by atoms with Crippen molar-refractivity contribution in [2.45, 2.75) is 50.5 Å². The van der Waals surface area contributed by atoms with Crippen molar-refractivity contribution >= 4 is 86.9 Å². The average molecular weight is 805 g/mol. The van der Waals surface area contributed by atoms with E-state index in [2.05, 4.69) is 195 Å². The number of nitrogens with zero attached hydrogens (tertiary/aromatic N) is 2. The number of benzene rings is 9. The third-order valence-corrected chi connectivity index (χ3v) is 15.9. The Bertz CT molecular complexity index is 3700. The molecule has 2 nitrogen and oxygen atoms in total. The molecule has 1 saturated carbocycles. The number of hydrogen-bond acceptors (Lipinski definition) is 2. The van der Waals surface area contributed by atoms with Crippen LogP contribution in [0.1, 0.15) is 45.1 Å². The number of pyridine rings is 1. The van der Waals surface area contributed by atoms with Crippen LogP contribution < -0.4 is 4.90 Å². The zero-order chi connectivity index (χ0) is 41.6. The van der Waals surface area contributed by atoms with Crippen LogP contribution >= 0.6 is 0 Å². The van der Waals surface area contributed by atoms with Crippen LogP contribution in [-0.2, 0) is 5.41 Å².